The number of halogens is 1. The lowest BCUT2D eigenvalue weighted by Crippen LogP contribution is -2.08. The highest BCUT2D eigenvalue weighted by Crippen LogP contribution is 2.38. The van der Waals surface area contributed by atoms with Gasteiger partial charge in [0.15, 0.2) is 11.5 Å². The maximum absolute atomic E-state index is 13.1. The predicted molar refractivity (Wildman–Crippen MR) is 92.7 cm³/mol. The van der Waals surface area contributed by atoms with Gasteiger partial charge in [-0.25, -0.2) is 18.9 Å². The molecule has 0 amide bonds. The molecule has 6 heteroatoms. The van der Waals surface area contributed by atoms with Crippen LogP contribution in [0.5, 0.6) is 0 Å². The summed E-state index contributed by atoms with van der Waals surface area (Å²) in [7, 11) is 0. The maximum Gasteiger partial charge on any atom is 0.182 e. The van der Waals surface area contributed by atoms with E-state index in [4.69, 9.17) is 4.98 Å². The molecular weight excluding hydrogens is 323 g/mol. The van der Waals surface area contributed by atoms with Crippen LogP contribution in [-0.2, 0) is 12.8 Å². The summed E-state index contributed by atoms with van der Waals surface area (Å²) in [5.41, 5.74) is 3.06. The topological polar surface area (TPSA) is 43.1 Å². The number of hydrogen-bond donors (Lipinski definition) is 0. The number of aryl methyl sites for hydroxylation is 1. The molecule has 5 rings (SSSR count). The second-order valence-corrected chi connectivity index (χ2v) is 7.57. The molecule has 3 aromatic heterocycles. The molecule has 4 nitrogen and oxygen atoms in total. The zero-order valence-corrected chi connectivity index (χ0v) is 14.0. The quantitative estimate of drug-likeness (QED) is 0.520. The lowest BCUT2D eigenvalue weighted by Gasteiger charge is -2.17. The number of nitrogens with zero attached hydrogens (tertiary/aromatic N) is 4. The van der Waals surface area contributed by atoms with Gasteiger partial charge < -0.3 is 0 Å². The molecule has 0 radical (unpaired) electrons. The van der Waals surface area contributed by atoms with Gasteiger partial charge in [0.2, 0.25) is 0 Å². The number of thiophene rings is 1. The smallest absolute Gasteiger partial charge is 0.182 e. The second kappa shape index (κ2) is 5.08. The van der Waals surface area contributed by atoms with E-state index in [0.29, 0.717) is 5.82 Å². The third-order valence-electron chi connectivity index (χ3n) is 4.73. The Morgan fingerprint density at radius 2 is 2.08 bits per heavy atom. The fourth-order valence-corrected chi connectivity index (χ4v) is 4.81. The van der Waals surface area contributed by atoms with Crippen LogP contribution in [0.25, 0.3) is 27.3 Å². The molecule has 0 fully saturated rings. The third kappa shape index (κ3) is 2.06. The number of benzene rings is 1. The van der Waals surface area contributed by atoms with E-state index >= 15 is 0 Å². The Morgan fingerprint density at radius 1 is 1.25 bits per heavy atom. The number of hydrogen-bond acceptors (Lipinski definition) is 4. The average Bonchev–Trinajstić information content (AvgIpc) is 3.15. The summed E-state index contributed by atoms with van der Waals surface area (Å²) in [6, 6.07) is 6.28. The van der Waals surface area contributed by atoms with Crippen LogP contribution in [0, 0.1) is 11.7 Å². The van der Waals surface area contributed by atoms with Gasteiger partial charge in [-0.15, -0.1) is 16.4 Å². The van der Waals surface area contributed by atoms with Crippen LogP contribution in [0.3, 0.4) is 0 Å². The van der Waals surface area contributed by atoms with Crippen LogP contribution >= 0.6 is 11.3 Å². The minimum Gasteiger partial charge on any atom is -0.225 e. The normalized spacial score (nSPS) is 17.5. The fourth-order valence-electron chi connectivity index (χ4n) is 3.46. The second-order valence-electron chi connectivity index (χ2n) is 6.49. The van der Waals surface area contributed by atoms with Gasteiger partial charge in [0.25, 0.3) is 0 Å². The fraction of sp³-hybridized carbons (Fsp3) is 0.278. The predicted octanol–water partition coefficient (Wildman–Crippen LogP) is 4.27. The van der Waals surface area contributed by atoms with E-state index in [1.54, 1.807) is 34.3 Å². The van der Waals surface area contributed by atoms with Crippen molar-refractivity contribution in [2.24, 2.45) is 5.92 Å². The van der Waals surface area contributed by atoms with Crippen LogP contribution in [0.4, 0.5) is 4.39 Å². The number of fused-ring (bicyclic) bond motifs is 5. The van der Waals surface area contributed by atoms with E-state index in [-0.39, 0.29) is 5.82 Å². The summed E-state index contributed by atoms with van der Waals surface area (Å²) < 4.78 is 14.9. The van der Waals surface area contributed by atoms with Crippen molar-refractivity contribution in [1.29, 1.82) is 0 Å². The van der Waals surface area contributed by atoms with Gasteiger partial charge in [-0.3, -0.25) is 0 Å². The molecule has 0 aliphatic heterocycles. The monoisotopic (exact) mass is 338 g/mol. The molecule has 0 saturated carbocycles. The molecule has 0 spiro atoms. The first kappa shape index (κ1) is 14.0. The Balaban J connectivity index is 1.74. The van der Waals surface area contributed by atoms with Crippen molar-refractivity contribution in [3.63, 3.8) is 0 Å². The van der Waals surface area contributed by atoms with E-state index in [9.17, 15) is 4.39 Å². The molecule has 0 unspecified atom stereocenters. The van der Waals surface area contributed by atoms with Gasteiger partial charge in [-0.1, -0.05) is 6.92 Å². The highest BCUT2D eigenvalue weighted by molar-refractivity contribution is 7.19. The zero-order chi connectivity index (χ0) is 16.3. The van der Waals surface area contributed by atoms with E-state index in [1.807, 2.05) is 0 Å². The Kier molecular flexibility index (Phi) is 2.97. The Bertz CT molecular complexity index is 1060. The molecule has 3 heterocycles. The van der Waals surface area contributed by atoms with Crippen molar-refractivity contribution < 1.29 is 4.39 Å². The largest absolute Gasteiger partial charge is 0.225 e. The third-order valence-corrected chi connectivity index (χ3v) is 5.90. The van der Waals surface area contributed by atoms with E-state index in [1.165, 1.54) is 29.0 Å². The molecule has 24 heavy (non-hydrogen) atoms. The van der Waals surface area contributed by atoms with Crippen molar-refractivity contribution in [2.75, 3.05) is 0 Å². The van der Waals surface area contributed by atoms with Crippen LogP contribution in [-0.4, -0.2) is 19.6 Å². The Hall–Kier alpha value is -2.34. The van der Waals surface area contributed by atoms with Crippen molar-refractivity contribution in [2.45, 2.75) is 26.2 Å². The average molecular weight is 338 g/mol. The molecule has 0 N–H and O–H groups in total. The maximum atomic E-state index is 13.1. The van der Waals surface area contributed by atoms with Crippen LogP contribution < -0.4 is 0 Å². The minimum atomic E-state index is -0.257. The number of rotatable bonds is 1. The van der Waals surface area contributed by atoms with Crippen molar-refractivity contribution in [1.82, 2.24) is 19.6 Å². The highest BCUT2D eigenvalue weighted by atomic mass is 32.1. The molecule has 1 aliphatic rings. The molecule has 1 aromatic carbocycles. The summed E-state index contributed by atoms with van der Waals surface area (Å²) >= 11 is 1.78. The minimum absolute atomic E-state index is 0.257. The van der Waals surface area contributed by atoms with Crippen molar-refractivity contribution in [3.8, 4) is 11.4 Å². The van der Waals surface area contributed by atoms with Gasteiger partial charge in [-0.2, -0.15) is 0 Å². The van der Waals surface area contributed by atoms with Crippen LogP contribution in [0.1, 0.15) is 23.8 Å². The summed E-state index contributed by atoms with van der Waals surface area (Å²) in [5, 5.41) is 5.68. The molecule has 120 valence electrons. The molecular formula is C18H15FN4S. The standard InChI is InChI=1S/C18H15FN4S/c1-10-2-7-13-14(8-10)24-18-15(13)17-21-16(22-23(17)9-20-18)11-3-5-12(19)6-4-11/h3-6,9-10H,2,7-8H2,1H3/t10-/m0/s1. The lowest BCUT2D eigenvalue weighted by atomic mass is 9.89. The molecule has 1 aliphatic carbocycles. The summed E-state index contributed by atoms with van der Waals surface area (Å²) in [4.78, 5) is 11.8. The first-order valence-corrected chi connectivity index (χ1v) is 8.92. The first-order valence-electron chi connectivity index (χ1n) is 8.10. The summed E-state index contributed by atoms with van der Waals surface area (Å²) in [6.45, 7) is 2.31. The lowest BCUT2D eigenvalue weighted by molar-refractivity contribution is 0.509. The van der Waals surface area contributed by atoms with Crippen LogP contribution in [0.2, 0.25) is 0 Å². The molecule has 4 aromatic rings. The van der Waals surface area contributed by atoms with Crippen molar-refractivity contribution in [3.05, 3.63) is 46.9 Å². The first-order chi connectivity index (χ1) is 11.7. The van der Waals surface area contributed by atoms with Gasteiger partial charge in [0, 0.05) is 10.4 Å². The van der Waals surface area contributed by atoms with Gasteiger partial charge >= 0.3 is 0 Å². The summed E-state index contributed by atoms with van der Waals surface area (Å²) in [5.74, 6) is 1.08. The van der Waals surface area contributed by atoms with Gasteiger partial charge in [0.1, 0.15) is 17.0 Å². The van der Waals surface area contributed by atoms with Gasteiger partial charge in [0.05, 0.1) is 5.39 Å². The zero-order valence-electron chi connectivity index (χ0n) is 13.2. The summed E-state index contributed by atoms with van der Waals surface area (Å²) in [6.07, 6.45) is 5.14. The number of aromatic nitrogens is 4. The Labute approximate surface area is 142 Å². The van der Waals surface area contributed by atoms with Crippen LogP contribution in [0.15, 0.2) is 30.6 Å². The Morgan fingerprint density at radius 3 is 2.92 bits per heavy atom. The SMILES string of the molecule is C[C@H]1CCc2c(sc3ncn4nc(-c5ccc(F)cc5)nc4c23)C1. The van der Waals surface area contributed by atoms with Gasteiger partial charge in [-0.05, 0) is 55.0 Å². The van der Waals surface area contributed by atoms with Crippen molar-refractivity contribution >= 4 is 27.2 Å². The van der Waals surface area contributed by atoms with E-state index < -0.39 is 0 Å². The molecule has 0 saturated heterocycles. The van der Waals surface area contributed by atoms with E-state index in [2.05, 4.69) is 17.0 Å². The molecule has 0 bridgehead atoms. The molecule has 1 atom stereocenters. The highest BCUT2D eigenvalue weighted by Gasteiger charge is 2.23. The van der Waals surface area contributed by atoms with E-state index in [0.717, 1.165) is 40.2 Å².